The van der Waals surface area contributed by atoms with Crippen molar-refractivity contribution < 1.29 is 29.0 Å². The topological polar surface area (TPSA) is 114 Å². The van der Waals surface area contributed by atoms with Crippen molar-refractivity contribution in [3.8, 4) is 11.5 Å². The fourth-order valence-corrected chi connectivity index (χ4v) is 1.70. The van der Waals surface area contributed by atoms with Crippen molar-refractivity contribution in [1.82, 2.24) is 10.6 Å². The Kier molecular flexibility index (Phi) is 7.54. The normalized spacial score (nSPS) is 10.2. The molecule has 0 saturated carbocycles. The molecule has 3 amide bonds. The van der Waals surface area contributed by atoms with E-state index in [9.17, 15) is 19.5 Å². The summed E-state index contributed by atoms with van der Waals surface area (Å²) in [6, 6.07) is 3.38. The van der Waals surface area contributed by atoms with Crippen molar-refractivity contribution in [3.05, 3.63) is 23.8 Å². The minimum atomic E-state index is -0.884. The highest BCUT2D eigenvalue weighted by Crippen LogP contribution is 2.23. The number of aromatic hydroxyl groups is 1. The van der Waals surface area contributed by atoms with Crippen LogP contribution in [0.4, 0.5) is 4.79 Å². The van der Waals surface area contributed by atoms with Gasteiger partial charge in [0.1, 0.15) is 17.1 Å². The highest BCUT2D eigenvalue weighted by atomic mass is 16.5. The van der Waals surface area contributed by atoms with Gasteiger partial charge in [0.15, 0.2) is 6.61 Å². The zero-order chi connectivity index (χ0) is 18.1. The molecule has 0 aliphatic rings. The van der Waals surface area contributed by atoms with Crippen molar-refractivity contribution >= 4 is 17.9 Å². The second kappa shape index (κ2) is 9.39. The molecule has 0 aliphatic carbocycles. The van der Waals surface area contributed by atoms with E-state index >= 15 is 0 Å². The molecule has 0 atom stereocenters. The standard InChI is InChI=1S/C16H22N2O6/c1-10(2)6-7-17-16(22)18-14(20)9-24-15(21)12-5-4-11(23-3)8-13(12)19/h4-5,8,10,19H,6-7,9H2,1-3H3,(H2,17,18,20,22). The first kappa shape index (κ1) is 19.3. The summed E-state index contributed by atoms with van der Waals surface area (Å²) >= 11 is 0. The van der Waals surface area contributed by atoms with Crippen LogP contribution in [0.2, 0.25) is 0 Å². The van der Waals surface area contributed by atoms with Gasteiger partial charge in [-0.2, -0.15) is 0 Å². The quantitative estimate of drug-likeness (QED) is 0.648. The van der Waals surface area contributed by atoms with Crippen molar-refractivity contribution in [2.45, 2.75) is 20.3 Å². The summed E-state index contributed by atoms with van der Waals surface area (Å²) < 4.78 is 9.65. The molecule has 1 rings (SSSR count). The Hall–Kier alpha value is -2.77. The lowest BCUT2D eigenvalue weighted by Crippen LogP contribution is -2.41. The lowest BCUT2D eigenvalue weighted by Gasteiger charge is -2.09. The zero-order valence-corrected chi connectivity index (χ0v) is 13.9. The number of imide groups is 1. The van der Waals surface area contributed by atoms with E-state index in [0.29, 0.717) is 18.2 Å². The van der Waals surface area contributed by atoms with E-state index in [2.05, 4.69) is 5.32 Å². The number of phenolic OH excluding ortho intramolecular Hbond substituents is 1. The van der Waals surface area contributed by atoms with Crippen LogP contribution in [-0.4, -0.2) is 43.3 Å². The first-order valence-electron chi connectivity index (χ1n) is 7.45. The summed E-state index contributed by atoms with van der Waals surface area (Å²) in [5, 5.41) is 14.3. The highest BCUT2D eigenvalue weighted by molar-refractivity contribution is 5.97. The summed E-state index contributed by atoms with van der Waals surface area (Å²) in [7, 11) is 1.42. The molecule has 0 fully saturated rings. The minimum absolute atomic E-state index is 0.106. The molecule has 1 aromatic rings. The third-order valence-electron chi connectivity index (χ3n) is 3.02. The van der Waals surface area contributed by atoms with Gasteiger partial charge in [-0.25, -0.2) is 9.59 Å². The Morgan fingerprint density at radius 2 is 1.96 bits per heavy atom. The van der Waals surface area contributed by atoms with Gasteiger partial charge in [0.25, 0.3) is 5.91 Å². The Labute approximate surface area is 140 Å². The number of methoxy groups -OCH3 is 1. The molecule has 0 unspecified atom stereocenters. The molecule has 3 N–H and O–H groups in total. The van der Waals surface area contributed by atoms with Gasteiger partial charge < -0.3 is 19.9 Å². The number of nitrogens with one attached hydrogen (secondary N) is 2. The maximum Gasteiger partial charge on any atom is 0.342 e. The molecule has 0 heterocycles. The Bertz CT molecular complexity index is 600. The average molecular weight is 338 g/mol. The second-order valence-electron chi connectivity index (χ2n) is 5.45. The molecule has 132 valence electrons. The summed E-state index contributed by atoms with van der Waals surface area (Å²) in [6.45, 7) is 3.83. The number of hydrogen-bond donors (Lipinski definition) is 3. The molecule has 8 heteroatoms. The van der Waals surface area contributed by atoms with E-state index in [-0.39, 0.29) is 11.3 Å². The van der Waals surface area contributed by atoms with Crippen LogP contribution < -0.4 is 15.4 Å². The smallest absolute Gasteiger partial charge is 0.342 e. The molecular formula is C16H22N2O6. The maximum absolute atomic E-state index is 11.8. The summed E-state index contributed by atoms with van der Waals surface area (Å²) in [5.74, 6) is -1.17. The van der Waals surface area contributed by atoms with Crippen molar-refractivity contribution in [3.63, 3.8) is 0 Å². The van der Waals surface area contributed by atoms with Crippen LogP contribution in [0.15, 0.2) is 18.2 Å². The lowest BCUT2D eigenvalue weighted by atomic mass is 10.1. The summed E-state index contributed by atoms with van der Waals surface area (Å²) in [5.41, 5.74) is -0.106. The van der Waals surface area contributed by atoms with Crippen molar-refractivity contribution in [1.29, 1.82) is 0 Å². The van der Waals surface area contributed by atoms with Crippen molar-refractivity contribution in [2.75, 3.05) is 20.3 Å². The zero-order valence-electron chi connectivity index (χ0n) is 13.9. The van der Waals surface area contributed by atoms with Gasteiger partial charge in [-0.1, -0.05) is 13.8 Å². The van der Waals surface area contributed by atoms with E-state index in [1.165, 1.54) is 25.3 Å². The van der Waals surface area contributed by atoms with E-state index in [4.69, 9.17) is 9.47 Å². The van der Waals surface area contributed by atoms with Crippen LogP contribution >= 0.6 is 0 Å². The molecule has 0 radical (unpaired) electrons. The maximum atomic E-state index is 11.8. The number of amides is 3. The Balaban J connectivity index is 2.41. The minimum Gasteiger partial charge on any atom is -0.507 e. The molecule has 24 heavy (non-hydrogen) atoms. The second-order valence-corrected chi connectivity index (χ2v) is 5.45. The van der Waals surface area contributed by atoms with Gasteiger partial charge in [-0.3, -0.25) is 10.1 Å². The fourth-order valence-electron chi connectivity index (χ4n) is 1.70. The number of phenols is 1. The number of ether oxygens (including phenoxy) is 2. The van der Waals surface area contributed by atoms with Gasteiger partial charge in [-0.05, 0) is 24.5 Å². The van der Waals surface area contributed by atoms with Crippen LogP contribution in [0.5, 0.6) is 11.5 Å². The largest absolute Gasteiger partial charge is 0.507 e. The summed E-state index contributed by atoms with van der Waals surface area (Å²) in [6.07, 6.45) is 0.785. The molecular weight excluding hydrogens is 316 g/mol. The van der Waals surface area contributed by atoms with Gasteiger partial charge in [-0.15, -0.1) is 0 Å². The predicted octanol–water partition coefficient (Wildman–Crippen LogP) is 1.43. The number of rotatable bonds is 7. The fraction of sp³-hybridized carbons (Fsp3) is 0.438. The Morgan fingerprint density at radius 1 is 1.25 bits per heavy atom. The van der Waals surface area contributed by atoms with Crippen LogP contribution in [0.3, 0.4) is 0 Å². The van der Waals surface area contributed by atoms with E-state index in [1.54, 1.807) is 0 Å². The Morgan fingerprint density at radius 3 is 2.54 bits per heavy atom. The van der Waals surface area contributed by atoms with Crippen LogP contribution in [0, 0.1) is 5.92 Å². The predicted molar refractivity (Wildman–Crippen MR) is 85.9 cm³/mol. The van der Waals surface area contributed by atoms with Crippen LogP contribution in [-0.2, 0) is 9.53 Å². The van der Waals surface area contributed by atoms with Crippen LogP contribution in [0.25, 0.3) is 0 Å². The summed E-state index contributed by atoms with van der Waals surface area (Å²) in [4.78, 5) is 34.8. The average Bonchev–Trinajstić information content (AvgIpc) is 2.52. The molecule has 0 spiro atoms. The highest BCUT2D eigenvalue weighted by Gasteiger charge is 2.16. The number of esters is 1. The van der Waals surface area contributed by atoms with E-state index < -0.39 is 24.5 Å². The number of carbonyl (C=O) groups excluding carboxylic acids is 3. The molecule has 1 aromatic carbocycles. The first-order valence-corrected chi connectivity index (χ1v) is 7.45. The monoisotopic (exact) mass is 338 g/mol. The van der Waals surface area contributed by atoms with Crippen LogP contribution in [0.1, 0.15) is 30.6 Å². The number of urea groups is 1. The van der Waals surface area contributed by atoms with Gasteiger partial charge >= 0.3 is 12.0 Å². The van der Waals surface area contributed by atoms with E-state index in [0.717, 1.165) is 6.42 Å². The number of carbonyl (C=O) groups is 3. The van der Waals surface area contributed by atoms with Gasteiger partial charge in [0.05, 0.1) is 7.11 Å². The van der Waals surface area contributed by atoms with E-state index in [1.807, 2.05) is 19.2 Å². The lowest BCUT2D eigenvalue weighted by molar-refractivity contribution is -0.123. The third-order valence-corrected chi connectivity index (χ3v) is 3.02. The van der Waals surface area contributed by atoms with Gasteiger partial charge in [0.2, 0.25) is 0 Å². The molecule has 8 nitrogen and oxygen atoms in total. The first-order chi connectivity index (χ1) is 11.3. The molecule has 0 saturated heterocycles. The van der Waals surface area contributed by atoms with Gasteiger partial charge in [0, 0.05) is 12.6 Å². The van der Waals surface area contributed by atoms with Crippen molar-refractivity contribution in [2.24, 2.45) is 5.92 Å². The third kappa shape index (κ3) is 6.55. The molecule has 0 aromatic heterocycles. The SMILES string of the molecule is COc1ccc(C(=O)OCC(=O)NC(=O)NCCC(C)C)c(O)c1. The molecule has 0 bridgehead atoms. The number of benzene rings is 1. The molecule has 0 aliphatic heterocycles. The number of hydrogen-bond acceptors (Lipinski definition) is 6.